The van der Waals surface area contributed by atoms with E-state index in [1.54, 1.807) is 12.1 Å². The molecule has 0 radical (unpaired) electrons. The van der Waals surface area contributed by atoms with Gasteiger partial charge in [0.1, 0.15) is 0 Å². The second-order valence-corrected chi connectivity index (χ2v) is 11.8. The van der Waals surface area contributed by atoms with Gasteiger partial charge in [-0.15, -0.1) is 0 Å². The first-order valence-electron chi connectivity index (χ1n) is 9.75. The molecule has 1 aliphatic rings. The Bertz CT molecular complexity index is 1110. The Hall–Kier alpha value is -2.07. The molecule has 0 fully saturated rings. The molecule has 0 bridgehead atoms. The van der Waals surface area contributed by atoms with E-state index in [1.807, 2.05) is 27.7 Å². The predicted molar refractivity (Wildman–Crippen MR) is 115 cm³/mol. The minimum atomic E-state index is -3.74. The highest BCUT2D eigenvalue weighted by Crippen LogP contribution is 2.38. The van der Waals surface area contributed by atoms with Gasteiger partial charge in [-0.1, -0.05) is 39.8 Å². The van der Waals surface area contributed by atoms with E-state index in [2.05, 4.69) is 9.44 Å². The lowest BCUT2D eigenvalue weighted by Crippen LogP contribution is -2.27. The third kappa shape index (κ3) is 4.49. The van der Waals surface area contributed by atoms with Gasteiger partial charge in [-0.05, 0) is 47.2 Å². The summed E-state index contributed by atoms with van der Waals surface area (Å²) in [7, 11) is -7.49. The summed E-state index contributed by atoms with van der Waals surface area (Å²) >= 11 is 0. The second-order valence-electron chi connectivity index (χ2n) is 8.24. The normalized spacial score (nSPS) is 13.7. The van der Waals surface area contributed by atoms with Gasteiger partial charge in [0.15, 0.2) is 5.78 Å². The van der Waals surface area contributed by atoms with E-state index in [0.717, 1.165) is 0 Å². The number of ketones is 1. The molecule has 0 atom stereocenters. The van der Waals surface area contributed by atoms with Crippen molar-refractivity contribution in [2.24, 2.45) is 11.8 Å². The lowest BCUT2D eigenvalue weighted by molar-refractivity contribution is 0.104. The van der Waals surface area contributed by atoms with Crippen LogP contribution in [0.5, 0.6) is 0 Å². The number of hydrogen-bond donors (Lipinski definition) is 2. The van der Waals surface area contributed by atoms with Crippen LogP contribution in [0.4, 0.5) is 0 Å². The molecule has 0 amide bonds. The Kier molecular flexibility index (Phi) is 6.20. The molecule has 0 unspecified atom stereocenters. The second kappa shape index (κ2) is 8.22. The average Bonchev–Trinajstić information content (AvgIpc) is 2.96. The molecule has 0 aliphatic heterocycles. The van der Waals surface area contributed by atoms with Crippen molar-refractivity contribution in [1.82, 2.24) is 9.44 Å². The number of carbonyl (C=O) groups is 1. The van der Waals surface area contributed by atoms with E-state index in [1.165, 1.54) is 24.3 Å². The van der Waals surface area contributed by atoms with Gasteiger partial charge in [-0.3, -0.25) is 4.79 Å². The van der Waals surface area contributed by atoms with E-state index in [4.69, 9.17) is 0 Å². The van der Waals surface area contributed by atoms with Crippen LogP contribution >= 0.6 is 0 Å². The molecule has 7 nitrogen and oxygen atoms in total. The van der Waals surface area contributed by atoms with E-state index in [0.29, 0.717) is 11.1 Å². The summed E-state index contributed by atoms with van der Waals surface area (Å²) in [6.07, 6.45) is 0. The highest BCUT2D eigenvalue weighted by Gasteiger charge is 2.30. The number of rotatable bonds is 8. The molecule has 3 rings (SSSR count). The van der Waals surface area contributed by atoms with Crippen molar-refractivity contribution in [2.45, 2.75) is 37.5 Å². The van der Waals surface area contributed by atoms with Crippen LogP contribution in [0, 0.1) is 11.8 Å². The molecule has 0 saturated heterocycles. The van der Waals surface area contributed by atoms with Crippen molar-refractivity contribution in [1.29, 1.82) is 0 Å². The van der Waals surface area contributed by atoms with Gasteiger partial charge in [0.2, 0.25) is 20.0 Å². The Morgan fingerprint density at radius 3 is 1.37 bits per heavy atom. The zero-order valence-electron chi connectivity index (χ0n) is 17.4. The third-order valence-corrected chi connectivity index (χ3v) is 7.59. The zero-order chi connectivity index (χ0) is 22.3. The lowest BCUT2D eigenvalue weighted by Gasteiger charge is -2.10. The first kappa shape index (κ1) is 22.6. The van der Waals surface area contributed by atoms with Crippen molar-refractivity contribution < 1.29 is 21.6 Å². The maximum absolute atomic E-state index is 12.9. The van der Waals surface area contributed by atoms with Gasteiger partial charge < -0.3 is 0 Å². The summed E-state index contributed by atoms with van der Waals surface area (Å²) in [5.74, 6) is -0.101. The summed E-state index contributed by atoms with van der Waals surface area (Å²) in [6.45, 7) is 8.16. The molecule has 1 aliphatic carbocycles. The van der Waals surface area contributed by atoms with Crippen molar-refractivity contribution in [3.8, 4) is 11.1 Å². The largest absolute Gasteiger partial charge is 0.289 e. The summed E-state index contributed by atoms with van der Waals surface area (Å²) < 4.78 is 55.1. The van der Waals surface area contributed by atoms with Crippen LogP contribution < -0.4 is 9.44 Å². The molecular formula is C21H26N2O5S2. The highest BCUT2D eigenvalue weighted by atomic mass is 32.2. The van der Waals surface area contributed by atoms with Crippen molar-refractivity contribution >= 4 is 25.8 Å². The van der Waals surface area contributed by atoms with Gasteiger partial charge >= 0.3 is 0 Å². The van der Waals surface area contributed by atoms with E-state index in [9.17, 15) is 21.6 Å². The molecule has 9 heteroatoms. The first-order valence-corrected chi connectivity index (χ1v) is 12.7. The Morgan fingerprint density at radius 1 is 0.667 bits per heavy atom. The lowest BCUT2D eigenvalue weighted by atomic mass is 10.1. The Morgan fingerprint density at radius 2 is 1.03 bits per heavy atom. The molecule has 0 spiro atoms. The van der Waals surface area contributed by atoms with E-state index < -0.39 is 20.0 Å². The fraction of sp³-hybridized carbons (Fsp3) is 0.381. The number of hydrogen-bond acceptors (Lipinski definition) is 5. The predicted octanol–water partition coefficient (Wildman–Crippen LogP) is 2.77. The number of fused-ring (bicyclic) bond motifs is 3. The molecule has 0 saturated carbocycles. The molecule has 0 aromatic heterocycles. The summed E-state index contributed by atoms with van der Waals surface area (Å²) in [6, 6.07) is 8.80. The highest BCUT2D eigenvalue weighted by molar-refractivity contribution is 7.89. The minimum Gasteiger partial charge on any atom is -0.289 e. The van der Waals surface area contributed by atoms with Gasteiger partial charge in [0.05, 0.1) is 9.79 Å². The molecule has 0 heterocycles. The monoisotopic (exact) mass is 450 g/mol. The molecule has 2 aromatic carbocycles. The maximum atomic E-state index is 12.9. The van der Waals surface area contributed by atoms with Crippen LogP contribution in [0.2, 0.25) is 0 Å². The zero-order valence-corrected chi connectivity index (χ0v) is 19.0. The summed E-state index contributed by atoms with van der Waals surface area (Å²) in [5.41, 5.74) is 1.69. The first-order chi connectivity index (χ1) is 13.9. The van der Waals surface area contributed by atoms with Gasteiger partial charge in [-0.25, -0.2) is 26.3 Å². The minimum absolute atomic E-state index is 0.00880. The fourth-order valence-electron chi connectivity index (χ4n) is 3.09. The number of benzene rings is 2. The van der Waals surface area contributed by atoms with Gasteiger partial charge in [0, 0.05) is 24.2 Å². The topological polar surface area (TPSA) is 109 Å². The van der Waals surface area contributed by atoms with Gasteiger partial charge in [-0.2, -0.15) is 0 Å². The van der Waals surface area contributed by atoms with Crippen molar-refractivity contribution in [3.63, 3.8) is 0 Å². The van der Waals surface area contributed by atoms with Crippen LogP contribution in [-0.4, -0.2) is 35.7 Å². The average molecular weight is 451 g/mol. The smallest absolute Gasteiger partial charge is 0.240 e. The van der Waals surface area contributed by atoms with E-state index >= 15 is 0 Å². The van der Waals surface area contributed by atoms with Crippen LogP contribution in [0.15, 0.2) is 46.2 Å². The van der Waals surface area contributed by atoms with Crippen LogP contribution in [0.1, 0.15) is 43.6 Å². The van der Waals surface area contributed by atoms with Crippen LogP contribution in [-0.2, 0) is 20.0 Å². The molecular weight excluding hydrogens is 424 g/mol. The fourth-order valence-corrected chi connectivity index (χ4v) is 5.57. The van der Waals surface area contributed by atoms with E-state index in [-0.39, 0.29) is 51.6 Å². The molecule has 30 heavy (non-hydrogen) atoms. The molecule has 2 aromatic rings. The van der Waals surface area contributed by atoms with Crippen molar-refractivity contribution in [2.75, 3.05) is 13.1 Å². The Balaban J connectivity index is 1.96. The molecule has 2 N–H and O–H groups in total. The number of nitrogens with one attached hydrogen (secondary N) is 2. The van der Waals surface area contributed by atoms with Gasteiger partial charge in [0.25, 0.3) is 0 Å². The summed E-state index contributed by atoms with van der Waals surface area (Å²) in [5, 5.41) is 0. The Labute approximate surface area is 178 Å². The third-order valence-electron chi connectivity index (χ3n) is 4.75. The van der Waals surface area contributed by atoms with Crippen LogP contribution in [0.25, 0.3) is 11.1 Å². The standard InChI is InChI=1S/C21H26N2O5S2/c1-13(2)11-22-29(25,26)15-5-7-17-18-8-6-16(30(27,28)23-12-14(3)4)10-20(18)21(24)19(17)9-15/h5-10,13-14,22-23H,11-12H2,1-4H3. The quantitative estimate of drug-likeness (QED) is 0.548. The number of carbonyl (C=O) groups excluding carboxylic acids is 1. The maximum Gasteiger partial charge on any atom is 0.240 e. The molecule has 162 valence electrons. The van der Waals surface area contributed by atoms with Crippen molar-refractivity contribution in [3.05, 3.63) is 47.5 Å². The number of sulfonamides is 2. The summed E-state index contributed by atoms with van der Waals surface area (Å²) in [4.78, 5) is 13.0. The van der Waals surface area contributed by atoms with Crippen LogP contribution in [0.3, 0.4) is 0 Å². The SMILES string of the molecule is CC(C)CNS(=O)(=O)c1ccc2c(c1)C(=O)c1cc(S(=O)(=O)NCC(C)C)ccc1-2.